The molecule has 1 aliphatic rings. The quantitative estimate of drug-likeness (QED) is 0.792. The van der Waals surface area contributed by atoms with Crippen LogP contribution in [0.5, 0.6) is 5.75 Å². The lowest BCUT2D eigenvalue weighted by Gasteiger charge is -2.23. The molecule has 122 valence electrons. The van der Waals surface area contributed by atoms with Crippen molar-refractivity contribution in [2.24, 2.45) is 5.92 Å². The third kappa shape index (κ3) is 4.91. The highest BCUT2D eigenvalue weighted by Crippen LogP contribution is 2.25. The maximum Gasteiger partial charge on any atom is 0.317 e. The van der Waals surface area contributed by atoms with Gasteiger partial charge in [-0.05, 0) is 37.5 Å². The first-order valence-electron chi connectivity index (χ1n) is 7.93. The summed E-state index contributed by atoms with van der Waals surface area (Å²) >= 11 is 0. The molecule has 0 aliphatic heterocycles. The third-order valence-electron chi connectivity index (χ3n) is 4.11. The molecule has 2 unspecified atom stereocenters. The van der Waals surface area contributed by atoms with Crippen LogP contribution < -0.4 is 10.1 Å². The number of aliphatic hydroxyl groups is 1. The molecule has 0 radical (unpaired) electrons. The third-order valence-corrected chi connectivity index (χ3v) is 4.11. The maximum absolute atomic E-state index is 12.0. The van der Waals surface area contributed by atoms with Crippen LogP contribution in [-0.2, 0) is 0 Å². The lowest BCUT2D eigenvalue weighted by molar-refractivity contribution is 0.113. The van der Waals surface area contributed by atoms with Crippen LogP contribution in [0.15, 0.2) is 24.3 Å². The smallest absolute Gasteiger partial charge is 0.317 e. The van der Waals surface area contributed by atoms with Gasteiger partial charge in [-0.3, -0.25) is 0 Å². The Kier molecular flexibility index (Phi) is 6.07. The van der Waals surface area contributed by atoms with E-state index in [1.54, 1.807) is 11.9 Å². The standard InChI is InChI=1S/C17H26N2O3/c1-13-5-3-7-15(11-13)22-10-9-18-17(21)19(2)12-14-6-4-8-16(14)20/h3,5,7,11,14,16,20H,4,6,8-10,12H2,1-2H3,(H,18,21). The fourth-order valence-corrected chi connectivity index (χ4v) is 2.83. The Morgan fingerprint density at radius 3 is 2.95 bits per heavy atom. The summed E-state index contributed by atoms with van der Waals surface area (Å²) in [6, 6.07) is 7.72. The molecule has 0 heterocycles. The summed E-state index contributed by atoms with van der Waals surface area (Å²) in [7, 11) is 1.77. The Labute approximate surface area is 132 Å². The Morgan fingerprint density at radius 2 is 2.27 bits per heavy atom. The van der Waals surface area contributed by atoms with Crippen molar-refractivity contribution < 1.29 is 14.6 Å². The summed E-state index contributed by atoms with van der Waals surface area (Å²) in [6.45, 7) is 3.52. The van der Waals surface area contributed by atoms with Crippen molar-refractivity contribution in [3.05, 3.63) is 29.8 Å². The van der Waals surface area contributed by atoms with E-state index < -0.39 is 0 Å². The first-order chi connectivity index (χ1) is 10.6. The molecule has 2 rings (SSSR count). The van der Waals surface area contributed by atoms with Crippen LogP contribution >= 0.6 is 0 Å². The highest BCUT2D eigenvalue weighted by molar-refractivity contribution is 5.73. The SMILES string of the molecule is Cc1cccc(OCCNC(=O)N(C)CC2CCCC2O)c1. The minimum absolute atomic E-state index is 0.119. The van der Waals surface area contributed by atoms with Crippen LogP contribution in [0.2, 0.25) is 0 Å². The van der Waals surface area contributed by atoms with Crippen molar-refractivity contribution in [2.45, 2.75) is 32.3 Å². The van der Waals surface area contributed by atoms with E-state index in [9.17, 15) is 9.90 Å². The van der Waals surface area contributed by atoms with E-state index in [4.69, 9.17) is 4.74 Å². The predicted molar refractivity (Wildman–Crippen MR) is 86.1 cm³/mol. The number of rotatable bonds is 6. The van der Waals surface area contributed by atoms with Crippen LogP contribution in [0.3, 0.4) is 0 Å². The number of aliphatic hydroxyl groups excluding tert-OH is 1. The number of amides is 2. The molecule has 22 heavy (non-hydrogen) atoms. The van der Waals surface area contributed by atoms with Crippen LogP contribution in [0, 0.1) is 12.8 Å². The van der Waals surface area contributed by atoms with Gasteiger partial charge >= 0.3 is 6.03 Å². The summed E-state index contributed by atoms with van der Waals surface area (Å²) in [4.78, 5) is 13.6. The average molecular weight is 306 g/mol. The largest absolute Gasteiger partial charge is 0.492 e. The molecular weight excluding hydrogens is 280 g/mol. The fraction of sp³-hybridized carbons (Fsp3) is 0.588. The monoisotopic (exact) mass is 306 g/mol. The Bertz CT molecular complexity index is 493. The number of carbonyl (C=O) groups is 1. The van der Waals surface area contributed by atoms with E-state index >= 15 is 0 Å². The lowest BCUT2D eigenvalue weighted by Crippen LogP contribution is -2.42. The van der Waals surface area contributed by atoms with E-state index in [-0.39, 0.29) is 18.1 Å². The van der Waals surface area contributed by atoms with Crippen LogP contribution in [-0.4, -0.2) is 48.9 Å². The highest BCUT2D eigenvalue weighted by Gasteiger charge is 2.27. The molecule has 2 N–H and O–H groups in total. The number of hydrogen-bond acceptors (Lipinski definition) is 3. The van der Waals surface area contributed by atoms with Gasteiger partial charge in [0.1, 0.15) is 12.4 Å². The maximum atomic E-state index is 12.0. The zero-order valence-corrected chi connectivity index (χ0v) is 13.4. The molecule has 0 spiro atoms. The molecule has 0 aromatic heterocycles. The summed E-state index contributed by atoms with van der Waals surface area (Å²) in [5, 5.41) is 12.6. The molecule has 1 aliphatic carbocycles. The van der Waals surface area contributed by atoms with Gasteiger partial charge < -0.3 is 20.1 Å². The Hall–Kier alpha value is -1.75. The number of urea groups is 1. The van der Waals surface area contributed by atoms with E-state index in [0.717, 1.165) is 30.6 Å². The summed E-state index contributed by atoms with van der Waals surface area (Å²) < 4.78 is 5.59. The molecule has 5 heteroatoms. The van der Waals surface area contributed by atoms with E-state index in [1.165, 1.54) is 0 Å². The van der Waals surface area contributed by atoms with Gasteiger partial charge in [0.05, 0.1) is 12.6 Å². The normalized spacial score (nSPS) is 20.7. The topological polar surface area (TPSA) is 61.8 Å². The summed E-state index contributed by atoms with van der Waals surface area (Å²) in [5.41, 5.74) is 1.15. The van der Waals surface area contributed by atoms with E-state index in [1.807, 2.05) is 31.2 Å². The summed E-state index contributed by atoms with van der Waals surface area (Å²) in [6.07, 6.45) is 2.63. The minimum Gasteiger partial charge on any atom is -0.492 e. The number of benzene rings is 1. The van der Waals surface area contributed by atoms with E-state index in [2.05, 4.69) is 5.32 Å². The lowest BCUT2D eigenvalue weighted by atomic mass is 10.1. The number of aryl methyl sites for hydroxylation is 1. The number of nitrogens with zero attached hydrogens (tertiary/aromatic N) is 1. The molecule has 0 bridgehead atoms. The first-order valence-corrected chi connectivity index (χ1v) is 7.93. The number of carbonyl (C=O) groups excluding carboxylic acids is 1. The highest BCUT2D eigenvalue weighted by atomic mass is 16.5. The average Bonchev–Trinajstić information content (AvgIpc) is 2.88. The molecule has 1 saturated carbocycles. The molecule has 1 aromatic carbocycles. The molecule has 5 nitrogen and oxygen atoms in total. The number of hydrogen-bond donors (Lipinski definition) is 2. The zero-order chi connectivity index (χ0) is 15.9. The van der Waals surface area contributed by atoms with Gasteiger partial charge in [-0.25, -0.2) is 4.79 Å². The molecule has 1 fully saturated rings. The molecule has 2 amide bonds. The van der Waals surface area contributed by atoms with Gasteiger partial charge in [-0.15, -0.1) is 0 Å². The van der Waals surface area contributed by atoms with Crippen molar-refractivity contribution in [3.63, 3.8) is 0 Å². The second-order valence-electron chi connectivity index (χ2n) is 6.04. The van der Waals surface area contributed by atoms with Crippen molar-refractivity contribution in [1.82, 2.24) is 10.2 Å². The van der Waals surface area contributed by atoms with Gasteiger partial charge in [0, 0.05) is 19.5 Å². The fourth-order valence-electron chi connectivity index (χ4n) is 2.83. The van der Waals surface area contributed by atoms with Crippen molar-refractivity contribution >= 4 is 6.03 Å². The Morgan fingerprint density at radius 1 is 1.45 bits per heavy atom. The van der Waals surface area contributed by atoms with Gasteiger partial charge in [0.2, 0.25) is 0 Å². The number of ether oxygens (including phenoxy) is 1. The van der Waals surface area contributed by atoms with Crippen molar-refractivity contribution in [1.29, 1.82) is 0 Å². The second kappa shape index (κ2) is 8.03. The van der Waals surface area contributed by atoms with Crippen LogP contribution in [0.4, 0.5) is 4.79 Å². The molecular formula is C17H26N2O3. The molecule has 2 atom stereocenters. The summed E-state index contributed by atoms with van der Waals surface area (Å²) in [5.74, 6) is 1.02. The van der Waals surface area contributed by atoms with Gasteiger partial charge in [0.15, 0.2) is 0 Å². The minimum atomic E-state index is -0.264. The van der Waals surface area contributed by atoms with Crippen LogP contribution in [0.1, 0.15) is 24.8 Å². The first kappa shape index (κ1) is 16.6. The predicted octanol–water partition coefficient (Wildman–Crippen LogP) is 2.18. The van der Waals surface area contributed by atoms with E-state index in [0.29, 0.717) is 19.7 Å². The van der Waals surface area contributed by atoms with Gasteiger partial charge in [-0.2, -0.15) is 0 Å². The number of nitrogens with one attached hydrogen (secondary N) is 1. The van der Waals surface area contributed by atoms with Gasteiger partial charge in [0.25, 0.3) is 0 Å². The van der Waals surface area contributed by atoms with Crippen molar-refractivity contribution in [3.8, 4) is 5.75 Å². The molecule has 1 aromatic rings. The van der Waals surface area contributed by atoms with Gasteiger partial charge in [-0.1, -0.05) is 18.6 Å². The van der Waals surface area contributed by atoms with Crippen LogP contribution in [0.25, 0.3) is 0 Å². The second-order valence-corrected chi connectivity index (χ2v) is 6.04. The van der Waals surface area contributed by atoms with Crippen molar-refractivity contribution in [2.75, 3.05) is 26.7 Å². The molecule has 0 saturated heterocycles. The Balaban J connectivity index is 1.64. The zero-order valence-electron chi connectivity index (χ0n) is 13.4.